The molecule has 8 heteroatoms. The van der Waals surface area contributed by atoms with Gasteiger partial charge in [-0.25, -0.2) is 4.79 Å². The molecule has 1 amide bonds. The van der Waals surface area contributed by atoms with Crippen molar-refractivity contribution >= 4 is 28.6 Å². The molecule has 1 saturated heterocycles. The van der Waals surface area contributed by atoms with E-state index in [1.165, 1.54) is 5.56 Å². The molecule has 7 nitrogen and oxygen atoms in total. The lowest BCUT2D eigenvalue weighted by molar-refractivity contribution is -0.0684. The Labute approximate surface area is 203 Å². The van der Waals surface area contributed by atoms with Crippen molar-refractivity contribution in [1.29, 1.82) is 0 Å². The maximum absolute atomic E-state index is 13.1. The number of carbonyl (C=O) groups excluding carboxylic acids is 1. The minimum Gasteiger partial charge on any atom is -0.488 e. The van der Waals surface area contributed by atoms with E-state index < -0.39 is 0 Å². The number of aromatic amines is 1. The van der Waals surface area contributed by atoms with Crippen LogP contribution >= 0.6 is 11.6 Å². The Hall–Kier alpha value is -2.74. The zero-order valence-electron chi connectivity index (χ0n) is 19.4. The number of hydrogen-bond donors (Lipinski definition) is 1. The Morgan fingerprint density at radius 1 is 1.18 bits per heavy atom. The quantitative estimate of drug-likeness (QED) is 0.513. The van der Waals surface area contributed by atoms with Gasteiger partial charge in [0.2, 0.25) is 0 Å². The summed E-state index contributed by atoms with van der Waals surface area (Å²) in [6, 6.07) is 13.4. The highest BCUT2D eigenvalue weighted by molar-refractivity contribution is 6.31. The number of fused-ring (bicyclic) bond motifs is 3. The number of aromatic nitrogens is 1. The van der Waals surface area contributed by atoms with Crippen molar-refractivity contribution in [3.8, 4) is 5.75 Å². The predicted molar refractivity (Wildman–Crippen MR) is 129 cm³/mol. The van der Waals surface area contributed by atoms with Crippen molar-refractivity contribution in [3.05, 3.63) is 64.3 Å². The van der Waals surface area contributed by atoms with Crippen molar-refractivity contribution in [2.45, 2.75) is 32.6 Å². The molecule has 0 saturated carbocycles. The zero-order valence-corrected chi connectivity index (χ0v) is 20.1. The number of nitrogens with one attached hydrogen (secondary N) is 1. The molecule has 1 atom stereocenters. The first-order chi connectivity index (χ1) is 16.5. The van der Waals surface area contributed by atoms with Gasteiger partial charge >= 0.3 is 6.09 Å². The first-order valence-corrected chi connectivity index (χ1v) is 12.1. The molecule has 1 unspecified atom stereocenters. The van der Waals surface area contributed by atoms with Crippen LogP contribution in [0.4, 0.5) is 4.79 Å². The maximum atomic E-state index is 13.1. The third-order valence-corrected chi connectivity index (χ3v) is 6.37. The number of carbonyl (C=O) groups is 1. The second-order valence-electron chi connectivity index (χ2n) is 9.08. The van der Waals surface area contributed by atoms with Gasteiger partial charge in [0, 0.05) is 28.2 Å². The highest BCUT2D eigenvalue weighted by atomic mass is 35.5. The fourth-order valence-electron chi connectivity index (χ4n) is 4.54. The molecule has 5 rings (SSSR count). The van der Waals surface area contributed by atoms with Crippen LogP contribution < -0.4 is 4.74 Å². The van der Waals surface area contributed by atoms with Crippen LogP contribution in [-0.4, -0.2) is 55.2 Å². The van der Waals surface area contributed by atoms with E-state index in [0.29, 0.717) is 38.0 Å². The first-order valence-electron chi connectivity index (χ1n) is 11.7. The Morgan fingerprint density at radius 3 is 2.68 bits per heavy atom. The summed E-state index contributed by atoms with van der Waals surface area (Å²) < 4.78 is 22.3. The number of ether oxygens (including phenoxy) is 4. The lowest BCUT2D eigenvalue weighted by Gasteiger charge is -2.35. The fourth-order valence-corrected chi connectivity index (χ4v) is 4.71. The molecule has 34 heavy (non-hydrogen) atoms. The number of benzene rings is 2. The highest BCUT2D eigenvalue weighted by Gasteiger charge is 2.35. The molecule has 0 radical (unpaired) electrons. The summed E-state index contributed by atoms with van der Waals surface area (Å²) in [5, 5.41) is 1.79. The minimum atomic E-state index is -0.329. The number of hydrogen-bond acceptors (Lipinski definition) is 5. The molecular formula is C26H29ClN2O5. The van der Waals surface area contributed by atoms with E-state index in [4.69, 9.17) is 30.5 Å². The van der Waals surface area contributed by atoms with Gasteiger partial charge in [-0.2, -0.15) is 0 Å². The molecule has 3 aromatic rings. The Balaban J connectivity index is 1.45. The standard InChI is InChI=1S/C26H29ClN2O5/c1-16(2)14-34-26(30)29-10-9-20-21-13-18(27)5-8-22(21)28-24(20)25(29)17-3-6-19(7-4-17)33-15-23-31-11-12-32-23/h3-8,13,16,23,25,28H,9-12,14-15H2,1-2H3. The number of nitrogens with zero attached hydrogens (tertiary/aromatic N) is 1. The highest BCUT2D eigenvalue weighted by Crippen LogP contribution is 2.39. The van der Waals surface area contributed by atoms with E-state index in [1.54, 1.807) is 4.90 Å². The van der Waals surface area contributed by atoms with Gasteiger partial charge in [-0.05, 0) is 53.8 Å². The number of rotatable bonds is 6. The fraction of sp³-hybridized carbons (Fsp3) is 0.423. The summed E-state index contributed by atoms with van der Waals surface area (Å²) in [7, 11) is 0. The number of amides is 1. The van der Waals surface area contributed by atoms with E-state index in [2.05, 4.69) is 4.98 Å². The molecule has 0 bridgehead atoms. The summed E-state index contributed by atoms with van der Waals surface area (Å²) in [5.74, 6) is 0.985. The molecule has 1 fully saturated rings. The molecule has 180 valence electrons. The van der Waals surface area contributed by atoms with E-state index in [9.17, 15) is 4.79 Å². The monoisotopic (exact) mass is 484 g/mol. The largest absolute Gasteiger partial charge is 0.488 e. The Morgan fingerprint density at radius 2 is 1.94 bits per heavy atom. The molecule has 0 spiro atoms. The maximum Gasteiger partial charge on any atom is 0.410 e. The normalized spacial score (nSPS) is 18.5. The number of H-pyrrole nitrogens is 1. The van der Waals surface area contributed by atoms with Gasteiger partial charge in [0.25, 0.3) is 0 Å². The minimum absolute atomic E-state index is 0.266. The predicted octanol–water partition coefficient (Wildman–Crippen LogP) is 5.31. The third kappa shape index (κ3) is 4.73. The van der Waals surface area contributed by atoms with Crippen LogP contribution in [0.5, 0.6) is 5.75 Å². The van der Waals surface area contributed by atoms with Crippen LogP contribution in [0.2, 0.25) is 5.02 Å². The van der Waals surface area contributed by atoms with Gasteiger partial charge in [0.05, 0.1) is 19.8 Å². The average Bonchev–Trinajstić information content (AvgIpc) is 3.48. The third-order valence-electron chi connectivity index (χ3n) is 6.14. The molecule has 2 aromatic carbocycles. The van der Waals surface area contributed by atoms with Crippen LogP contribution in [0.25, 0.3) is 10.9 Å². The average molecular weight is 485 g/mol. The molecule has 0 aliphatic carbocycles. The van der Waals surface area contributed by atoms with Gasteiger partial charge < -0.3 is 23.9 Å². The van der Waals surface area contributed by atoms with E-state index >= 15 is 0 Å². The number of halogens is 1. The smallest absolute Gasteiger partial charge is 0.410 e. The molecule has 2 aliphatic rings. The van der Waals surface area contributed by atoms with Crippen LogP contribution in [0.15, 0.2) is 42.5 Å². The summed E-state index contributed by atoms with van der Waals surface area (Å²) in [6.45, 7) is 6.52. The Kier molecular flexibility index (Phi) is 6.68. The summed E-state index contributed by atoms with van der Waals surface area (Å²) >= 11 is 6.29. The van der Waals surface area contributed by atoms with Gasteiger partial charge in [0.1, 0.15) is 18.4 Å². The first kappa shape index (κ1) is 23.0. The van der Waals surface area contributed by atoms with E-state index in [-0.39, 0.29) is 24.3 Å². The molecular weight excluding hydrogens is 456 g/mol. The second kappa shape index (κ2) is 9.86. The van der Waals surface area contributed by atoms with Crippen molar-refractivity contribution in [2.75, 3.05) is 33.0 Å². The SMILES string of the molecule is CC(C)COC(=O)N1CCc2c([nH]c3ccc(Cl)cc23)C1c1ccc(OCC2OCCO2)cc1. The molecule has 2 aliphatic heterocycles. The van der Waals surface area contributed by atoms with Crippen LogP contribution in [0.3, 0.4) is 0 Å². The lowest BCUT2D eigenvalue weighted by Crippen LogP contribution is -2.41. The van der Waals surface area contributed by atoms with E-state index in [1.807, 2.05) is 56.3 Å². The van der Waals surface area contributed by atoms with Crippen molar-refractivity contribution in [2.24, 2.45) is 5.92 Å². The summed E-state index contributed by atoms with van der Waals surface area (Å²) in [5.41, 5.74) is 4.16. The van der Waals surface area contributed by atoms with Gasteiger partial charge in [0.15, 0.2) is 6.29 Å². The summed E-state index contributed by atoms with van der Waals surface area (Å²) in [6.07, 6.45) is 0.0906. The van der Waals surface area contributed by atoms with Crippen molar-refractivity contribution in [3.63, 3.8) is 0 Å². The van der Waals surface area contributed by atoms with Crippen LogP contribution in [0.1, 0.15) is 36.7 Å². The molecule has 3 heterocycles. The lowest BCUT2D eigenvalue weighted by atomic mass is 9.92. The Bertz CT molecular complexity index is 1150. The van der Waals surface area contributed by atoms with Gasteiger partial charge in [-0.3, -0.25) is 4.90 Å². The van der Waals surface area contributed by atoms with E-state index in [0.717, 1.165) is 34.3 Å². The van der Waals surface area contributed by atoms with Crippen molar-refractivity contribution in [1.82, 2.24) is 9.88 Å². The van der Waals surface area contributed by atoms with Crippen LogP contribution in [-0.2, 0) is 20.6 Å². The molecule has 1 N–H and O–H groups in total. The zero-order chi connectivity index (χ0) is 23.7. The van der Waals surface area contributed by atoms with Gasteiger partial charge in [-0.15, -0.1) is 0 Å². The second-order valence-corrected chi connectivity index (χ2v) is 9.51. The van der Waals surface area contributed by atoms with Crippen LogP contribution in [0, 0.1) is 5.92 Å². The molecule has 1 aromatic heterocycles. The topological polar surface area (TPSA) is 73.0 Å². The van der Waals surface area contributed by atoms with Gasteiger partial charge in [-0.1, -0.05) is 37.6 Å². The summed E-state index contributed by atoms with van der Waals surface area (Å²) in [4.78, 5) is 18.4. The van der Waals surface area contributed by atoms with Crippen molar-refractivity contribution < 1.29 is 23.7 Å².